The third kappa shape index (κ3) is 9.18. The number of aromatic nitrogens is 2. The van der Waals surface area contributed by atoms with Crippen LogP contribution in [0.15, 0.2) is 0 Å². The number of pyridine rings is 2. The molecule has 15 heteroatoms. The minimum Gasteiger partial charge on any atom is -0.489 e. The number of anilines is 1. The van der Waals surface area contributed by atoms with E-state index in [0.717, 1.165) is 7.11 Å². The molecule has 2 aromatic rings. The lowest BCUT2D eigenvalue weighted by Crippen LogP contribution is -2.25. The largest absolute Gasteiger partial charge is 0.489 e. The molecule has 0 saturated carbocycles. The smallest absolute Gasteiger partial charge is 0.262 e. The predicted octanol–water partition coefficient (Wildman–Crippen LogP) is 3.33. The topological polar surface area (TPSA) is 153 Å². The van der Waals surface area contributed by atoms with Crippen LogP contribution in [0.25, 0.3) is 0 Å². The number of nitrogens with two attached hydrogens (primary N) is 3. The van der Waals surface area contributed by atoms with Crippen LogP contribution < -0.4 is 41.9 Å². The Hall–Kier alpha value is -3.17. The standard InChI is InChI=1S/C10H12F3NO2.C10H15F2N3O2.H4N2/c1-10(2,3)16-6-5(11)8(12)14-9(13)7(6)15-4;1-10(2,3)17-6-5(11)9(15-13)14-8(12)7(6)16-4;1-2/h1-4H3;13H2,1-4H3,(H,14,15);1-2H2. The summed E-state index contributed by atoms with van der Waals surface area (Å²) >= 11 is 0. The number of ether oxygens (including phenoxy) is 4. The van der Waals surface area contributed by atoms with Crippen molar-refractivity contribution in [3.8, 4) is 23.0 Å². The van der Waals surface area contributed by atoms with Crippen LogP contribution in [0, 0.1) is 29.5 Å². The number of hydrogen-bond acceptors (Lipinski definition) is 10. The van der Waals surface area contributed by atoms with Crippen LogP contribution in [-0.2, 0) is 0 Å². The molecule has 2 rings (SSSR count). The van der Waals surface area contributed by atoms with E-state index in [4.69, 9.17) is 20.1 Å². The van der Waals surface area contributed by atoms with Crippen molar-refractivity contribution in [1.82, 2.24) is 9.97 Å². The van der Waals surface area contributed by atoms with E-state index in [0.29, 0.717) is 0 Å². The van der Waals surface area contributed by atoms with E-state index in [1.807, 2.05) is 5.43 Å². The first-order chi connectivity index (χ1) is 16.1. The van der Waals surface area contributed by atoms with Crippen molar-refractivity contribution in [3.05, 3.63) is 29.5 Å². The lowest BCUT2D eigenvalue weighted by molar-refractivity contribution is 0.114. The quantitative estimate of drug-likeness (QED) is 0.202. The molecule has 2 heterocycles. The zero-order valence-corrected chi connectivity index (χ0v) is 20.6. The highest BCUT2D eigenvalue weighted by Crippen LogP contribution is 2.37. The zero-order valence-electron chi connectivity index (χ0n) is 20.6. The van der Waals surface area contributed by atoms with Gasteiger partial charge in [-0.2, -0.15) is 31.9 Å². The highest BCUT2D eigenvalue weighted by molar-refractivity contribution is 5.51. The molecule has 7 N–H and O–H groups in total. The predicted molar refractivity (Wildman–Crippen MR) is 118 cm³/mol. The van der Waals surface area contributed by atoms with Gasteiger partial charge in [-0.05, 0) is 41.5 Å². The number of nitrogens with one attached hydrogen (secondary N) is 1. The highest BCUT2D eigenvalue weighted by atomic mass is 19.2. The first kappa shape index (κ1) is 31.8. The number of hydrazine groups is 2. The minimum absolute atomic E-state index is 0.361. The van der Waals surface area contributed by atoms with Gasteiger partial charge in [-0.25, -0.2) is 5.84 Å². The van der Waals surface area contributed by atoms with Crippen molar-refractivity contribution in [2.45, 2.75) is 52.7 Å². The first-order valence-electron chi connectivity index (χ1n) is 9.75. The summed E-state index contributed by atoms with van der Waals surface area (Å²) in [6, 6.07) is 0. The van der Waals surface area contributed by atoms with E-state index < -0.39 is 63.7 Å². The number of hydrogen-bond donors (Lipinski definition) is 4. The Morgan fingerprint density at radius 1 is 0.629 bits per heavy atom. The maximum absolute atomic E-state index is 13.9. The maximum atomic E-state index is 13.9. The van der Waals surface area contributed by atoms with E-state index in [-0.39, 0.29) is 5.75 Å². The van der Waals surface area contributed by atoms with Crippen molar-refractivity contribution >= 4 is 5.82 Å². The van der Waals surface area contributed by atoms with E-state index >= 15 is 0 Å². The van der Waals surface area contributed by atoms with Crippen LogP contribution in [0.5, 0.6) is 23.0 Å². The van der Waals surface area contributed by atoms with Gasteiger partial charge >= 0.3 is 0 Å². The van der Waals surface area contributed by atoms with Gasteiger partial charge in [0.25, 0.3) is 17.8 Å². The molecule has 200 valence electrons. The van der Waals surface area contributed by atoms with Crippen molar-refractivity contribution in [3.63, 3.8) is 0 Å². The molecule has 0 spiro atoms. The lowest BCUT2D eigenvalue weighted by Gasteiger charge is -2.23. The van der Waals surface area contributed by atoms with E-state index in [9.17, 15) is 22.0 Å². The van der Waals surface area contributed by atoms with E-state index in [1.165, 1.54) is 7.11 Å². The van der Waals surface area contributed by atoms with Gasteiger partial charge in [-0.3, -0.25) is 11.7 Å². The summed E-state index contributed by atoms with van der Waals surface area (Å²) < 4.78 is 86.4. The summed E-state index contributed by atoms with van der Waals surface area (Å²) in [5.74, 6) is 4.60. The third-order valence-electron chi connectivity index (χ3n) is 3.34. The molecular formula is C20H31F5N6O4. The van der Waals surface area contributed by atoms with E-state index in [2.05, 4.69) is 26.4 Å². The summed E-state index contributed by atoms with van der Waals surface area (Å²) in [6.45, 7) is 9.92. The van der Waals surface area contributed by atoms with Crippen molar-refractivity contribution in [2.24, 2.45) is 17.5 Å². The van der Waals surface area contributed by atoms with Gasteiger partial charge in [-0.15, -0.1) is 0 Å². The Kier molecular flexibility index (Phi) is 11.9. The van der Waals surface area contributed by atoms with Crippen LogP contribution in [-0.4, -0.2) is 35.4 Å². The van der Waals surface area contributed by atoms with Crippen LogP contribution in [0.3, 0.4) is 0 Å². The monoisotopic (exact) mass is 514 g/mol. The van der Waals surface area contributed by atoms with Gasteiger partial charge in [0, 0.05) is 0 Å². The molecule has 10 nitrogen and oxygen atoms in total. The summed E-state index contributed by atoms with van der Waals surface area (Å²) in [5, 5.41) is 0. The van der Waals surface area contributed by atoms with E-state index in [1.54, 1.807) is 41.5 Å². The number of methoxy groups -OCH3 is 2. The molecule has 0 aliphatic heterocycles. The van der Waals surface area contributed by atoms with Gasteiger partial charge in [-0.1, -0.05) is 0 Å². The van der Waals surface area contributed by atoms with Gasteiger partial charge < -0.3 is 24.4 Å². The molecule has 2 aromatic heterocycles. The minimum atomic E-state index is -1.56. The Labute approximate surface area is 199 Å². The van der Waals surface area contributed by atoms with Crippen molar-refractivity contribution in [1.29, 1.82) is 0 Å². The summed E-state index contributed by atoms with van der Waals surface area (Å²) in [7, 11) is 2.32. The Morgan fingerprint density at radius 3 is 1.34 bits per heavy atom. The second kappa shape index (κ2) is 13.1. The van der Waals surface area contributed by atoms with Crippen LogP contribution in [0.1, 0.15) is 41.5 Å². The molecule has 0 atom stereocenters. The van der Waals surface area contributed by atoms with Crippen molar-refractivity contribution in [2.75, 3.05) is 19.6 Å². The van der Waals surface area contributed by atoms with Gasteiger partial charge in [0.15, 0.2) is 5.82 Å². The Morgan fingerprint density at radius 2 is 1.00 bits per heavy atom. The number of halogens is 5. The number of nitrogens with zero attached hydrogens (tertiary/aromatic N) is 2. The molecule has 0 amide bonds. The van der Waals surface area contributed by atoms with Gasteiger partial charge in [0.05, 0.1) is 14.2 Å². The average Bonchev–Trinajstić information content (AvgIpc) is 2.74. The second-order valence-corrected chi connectivity index (χ2v) is 8.37. The number of nitrogen functional groups attached to an aromatic ring is 1. The summed E-state index contributed by atoms with van der Waals surface area (Å²) in [4.78, 5) is 5.99. The van der Waals surface area contributed by atoms with Crippen LogP contribution in [0.4, 0.5) is 27.8 Å². The molecule has 0 aromatic carbocycles. The fourth-order valence-electron chi connectivity index (χ4n) is 2.22. The average molecular weight is 514 g/mol. The zero-order chi connectivity index (χ0) is 27.7. The highest BCUT2D eigenvalue weighted by Gasteiger charge is 2.27. The molecule has 0 bridgehead atoms. The maximum Gasteiger partial charge on any atom is 0.262 e. The molecule has 35 heavy (non-hydrogen) atoms. The fraction of sp³-hybridized carbons (Fsp3) is 0.500. The molecule has 0 fully saturated rings. The number of rotatable bonds is 5. The second-order valence-electron chi connectivity index (χ2n) is 8.37. The summed E-state index contributed by atoms with van der Waals surface area (Å²) in [5.41, 5.74) is 0.426. The summed E-state index contributed by atoms with van der Waals surface area (Å²) in [6.07, 6.45) is 0. The van der Waals surface area contributed by atoms with Crippen LogP contribution in [0.2, 0.25) is 0 Å². The third-order valence-corrected chi connectivity index (χ3v) is 3.34. The normalized spacial score (nSPS) is 10.9. The van der Waals surface area contributed by atoms with Gasteiger partial charge in [0.2, 0.25) is 34.6 Å². The lowest BCUT2D eigenvalue weighted by atomic mass is 10.2. The first-order valence-corrected chi connectivity index (χ1v) is 9.75. The Bertz CT molecular complexity index is 984. The molecule has 0 saturated heterocycles. The Balaban J connectivity index is 0.000000618. The van der Waals surface area contributed by atoms with Gasteiger partial charge in [0.1, 0.15) is 11.2 Å². The molecular weight excluding hydrogens is 483 g/mol. The SMILES string of the molecule is COc1c(F)nc(F)c(F)c1OC(C)(C)C.COc1c(F)nc(NN)c(F)c1OC(C)(C)C.NN. The molecule has 0 unspecified atom stereocenters. The molecule has 0 aliphatic carbocycles. The van der Waals surface area contributed by atoms with Crippen molar-refractivity contribution < 1.29 is 40.9 Å². The molecule has 0 aliphatic rings. The van der Waals surface area contributed by atoms with Crippen LogP contribution >= 0.6 is 0 Å². The molecule has 0 radical (unpaired) electrons. The fourth-order valence-corrected chi connectivity index (χ4v) is 2.22.